The van der Waals surface area contributed by atoms with Crippen molar-refractivity contribution < 1.29 is 0 Å². The fourth-order valence-corrected chi connectivity index (χ4v) is 1.33. The quantitative estimate of drug-likeness (QED) is 0.854. The van der Waals surface area contributed by atoms with Gasteiger partial charge in [-0.3, -0.25) is 5.10 Å². The Hall–Kier alpha value is -1.03. The average molecular weight is 246 g/mol. The summed E-state index contributed by atoms with van der Waals surface area (Å²) in [6, 6.07) is 6.07. The van der Waals surface area contributed by atoms with Gasteiger partial charge >= 0.3 is 0 Å². The molecule has 2 rings (SSSR count). The fourth-order valence-electron chi connectivity index (χ4n) is 1.33. The van der Waals surface area contributed by atoms with Gasteiger partial charge in [0.15, 0.2) is 0 Å². The van der Waals surface area contributed by atoms with E-state index in [4.69, 9.17) is 5.73 Å². The lowest BCUT2D eigenvalue weighted by molar-refractivity contribution is 1.12. The molecule has 0 amide bonds. The summed E-state index contributed by atoms with van der Waals surface area (Å²) in [5, 5.41) is 8.06. The van der Waals surface area contributed by atoms with Crippen molar-refractivity contribution in [2.75, 3.05) is 6.54 Å². The minimum atomic E-state index is 0. The van der Waals surface area contributed by atoms with Crippen molar-refractivity contribution in [2.45, 2.75) is 0 Å². The van der Waals surface area contributed by atoms with E-state index in [0.717, 1.165) is 16.5 Å². The molecule has 0 aliphatic heterocycles. The zero-order chi connectivity index (χ0) is 9.10. The highest BCUT2D eigenvalue weighted by molar-refractivity contribution is 5.86. The van der Waals surface area contributed by atoms with Gasteiger partial charge in [-0.15, -0.1) is 24.8 Å². The smallest absolute Gasteiger partial charge is 0.0722 e. The number of hydrogen-bond donors (Lipinski definition) is 2. The van der Waals surface area contributed by atoms with Crippen LogP contribution in [0.25, 0.3) is 17.0 Å². The van der Waals surface area contributed by atoms with Crippen LogP contribution in [0.2, 0.25) is 0 Å². The molecule has 2 aromatic rings. The van der Waals surface area contributed by atoms with Gasteiger partial charge in [-0.1, -0.05) is 30.4 Å². The molecule has 0 aliphatic carbocycles. The van der Waals surface area contributed by atoms with Gasteiger partial charge in [-0.2, -0.15) is 5.10 Å². The molecule has 82 valence electrons. The molecule has 0 saturated carbocycles. The second kappa shape index (κ2) is 6.45. The lowest BCUT2D eigenvalue weighted by Crippen LogP contribution is -1.92. The normalized spacial score (nSPS) is 9.93. The molecule has 3 N–H and O–H groups in total. The monoisotopic (exact) mass is 245 g/mol. The standard InChI is InChI=1S/C10H11N3.2ClH/c11-6-2-5-8-3-1-4-9-7-12-13-10(8)9;;/h1-5,7H,6,11H2,(H,12,13);2*1H/b5-2+;;. The second-order valence-electron chi connectivity index (χ2n) is 2.82. The van der Waals surface area contributed by atoms with Crippen LogP contribution < -0.4 is 5.73 Å². The van der Waals surface area contributed by atoms with Crippen molar-refractivity contribution in [2.24, 2.45) is 5.73 Å². The van der Waals surface area contributed by atoms with Gasteiger partial charge in [-0.05, 0) is 5.56 Å². The largest absolute Gasteiger partial charge is 0.327 e. The highest BCUT2D eigenvalue weighted by Gasteiger charge is 1.97. The number of benzene rings is 1. The number of hydrogen-bond acceptors (Lipinski definition) is 2. The number of aromatic amines is 1. The Morgan fingerprint density at radius 2 is 2.13 bits per heavy atom. The summed E-state index contributed by atoms with van der Waals surface area (Å²) in [5.74, 6) is 0. The zero-order valence-corrected chi connectivity index (χ0v) is 9.65. The van der Waals surface area contributed by atoms with E-state index in [1.54, 1.807) is 0 Å². The third kappa shape index (κ3) is 2.96. The van der Waals surface area contributed by atoms with E-state index < -0.39 is 0 Å². The van der Waals surface area contributed by atoms with Gasteiger partial charge in [0.2, 0.25) is 0 Å². The van der Waals surface area contributed by atoms with Gasteiger partial charge in [-0.25, -0.2) is 0 Å². The van der Waals surface area contributed by atoms with Crippen LogP contribution in [-0.4, -0.2) is 16.7 Å². The van der Waals surface area contributed by atoms with Crippen molar-refractivity contribution in [1.82, 2.24) is 10.2 Å². The summed E-state index contributed by atoms with van der Waals surface area (Å²) in [5.41, 5.74) is 7.57. The van der Waals surface area contributed by atoms with Crippen LogP contribution in [0, 0.1) is 0 Å². The molecule has 0 radical (unpaired) electrons. The van der Waals surface area contributed by atoms with Gasteiger partial charge in [0.05, 0.1) is 11.7 Å². The first kappa shape index (κ1) is 14.0. The Morgan fingerprint density at radius 3 is 2.87 bits per heavy atom. The van der Waals surface area contributed by atoms with Crippen molar-refractivity contribution in [3.63, 3.8) is 0 Å². The van der Waals surface area contributed by atoms with Crippen LogP contribution in [0.3, 0.4) is 0 Å². The molecule has 0 spiro atoms. The van der Waals surface area contributed by atoms with Gasteiger partial charge in [0, 0.05) is 11.9 Å². The second-order valence-corrected chi connectivity index (χ2v) is 2.82. The molecule has 15 heavy (non-hydrogen) atoms. The first-order valence-electron chi connectivity index (χ1n) is 4.20. The molecule has 0 saturated heterocycles. The van der Waals surface area contributed by atoms with Crippen molar-refractivity contribution >= 4 is 41.8 Å². The molecule has 0 bridgehead atoms. The summed E-state index contributed by atoms with van der Waals surface area (Å²) in [4.78, 5) is 0. The minimum Gasteiger partial charge on any atom is -0.327 e. The topological polar surface area (TPSA) is 54.7 Å². The highest BCUT2D eigenvalue weighted by atomic mass is 35.5. The number of aromatic nitrogens is 2. The van der Waals surface area contributed by atoms with E-state index in [1.165, 1.54) is 0 Å². The molecule has 1 aromatic heterocycles. The third-order valence-electron chi connectivity index (χ3n) is 1.94. The summed E-state index contributed by atoms with van der Waals surface area (Å²) in [6.07, 6.45) is 5.74. The maximum atomic E-state index is 5.38. The maximum Gasteiger partial charge on any atom is 0.0722 e. The molecule has 0 unspecified atom stereocenters. The predicted molar refractivity (Wildman–Crippen MR) is 68.7 cm³/mol. The van der Waals surface area contributed by atoms with Gasteiger partial charge < -0.3 is 5.73 Å². The Bertz CT molecular complexity index is 437. The lowest BCUT2D eigenvalue weighted by Gasteiger charge is -1.94. The summed E-state index contributed by atoms with van der Waals surface area (Å²) < 4.78 is 0. The lowest BCUT2D eigenvalue weighted by atomic mass is 10.1. The third-order valence-corrected chi connectivity index (χ3v) is 1.94. The summed E-state index contributed by atoms with van der Waals surface area (Å²) in [6.45, 7) is 0.560. The summed E-state index contributed by atoms with van der Waals surface area (Å²) in [7, 11) is 0. The SMILES string of the molecule is Cl.Cl.NC/C=C/c1cccc2cn[nH]c12. The molecular weight excluding hydrogens is 233 g/mol. The molecule has 5 heteroatoms. The van der Waals surface area contributed by atoms with Crippen molar-refractivity contribution in [3.8, 4) is 0 Å². The van der Waals surface area contributed by atoms with E-state index in [-0.39, 0.29) is 24.8 Å². The van der Waals surface area contributed by atoms with Crippen molar-refractivity contribution in [1.29, 1.82) is 0 Å². The molecule has 0 fully saturated rings. The number of H-pyrrole nitrogens is 1. The first-order chi connectivity index (χ1) is 6.42. The number of nitrogens with two attached hydrogens (primary N) is 1. The van der Waals surface area contributed by atoms with E-state index in [2.05, 4.69) is 10.2 Å². The van der Waals surface area contributed by atoms with E-state index in [0.29, 0.717) is 6.54 Å². The fraction of sp³-hybridized carbons (Fsp3) is 0.100. The Balaban J connectivity index is 0.000000980. The number of nitrogens with one attached hydrogen (secondary N) is 1. The van der Waals surface area contributed by atoms with E-state index in [9.17, 15) is 0 Å². The van der Waals surface area contributed by atoms with Crippen LogP contribution in [-0.2, 0) is 0 Å². The molecule has 1 heterocycles. The maximum absolute atomic E-state index is 5.38. The molecule has 1 aromatic carbocycles. The van der Waals surface area contributed by atoms with E-state index in [1.807, 2.05) is 36.5 Å². The number of halogens is 2. The van der Waals surface area contributed by atoms with E-state index >= 15 is 0 Å². The number of rotatable bonds is 2. The van der Waals surface area contributed by atoms with Crippen LogP contribution in [0.15, 0.2) is 30.5 Å². The average Bonchev–Trinajstić information content (AvgIpc) is 2.62. The molecule has 0 atom stereocenters. The van der Waals surface area contributed by atoms with Crippen LogP contribution in [0.4, 0.5) is 0 Å². The number of fused-ring (bicyclic) bond motifs is 1. The summed E-state index contributed by atoms with van der Waals surface area (Å²) >= 11 is 0. The van der Waals surface area contributed by atoms with Gasteiger partial charge in [0.1, 0.15) is 0 Å². The zero-order valence-electron chi connectivity index (χ0n) is 8.01. The Labute approximate surface area is 101 Å². The first-order valence-corrected chi connectivity index (χ1v) is 4.20. The minimum absolute atomic E-state index is 0. The van der Waals surface area contributed by atoms with Crippen LogP contribution in [0.5, 0.6) is 0 Å². The van der Waals surface area contributed by atoms with Crippen molar-refractivity contribution in [3.05, 3.63) is 36.0 Å². The molecule has 0 aliphatic rings. The number of para-hydroxylation sites is 1. The molecular formula is C10H13Cl2N3. The Kier molecular flexibility index (Phi) is 6.01. The highest BCUT2D eigenvalue weighted by Crippen LogP contribution is 2.16. The van der Waals surface area contributed by atoms with Crippen LogP contribution in [0.1, 0.15) is 5.56 Å². The van der Waals surface area contributed by atoms with Gasteiger partial charge in [0.25, 0.3) is 0 Å². The predicted octanol–water partition coefficient (Wildman–Crippen LogP) is 2.38. The van der Waals surface area contributed by atoms with Crippen LogP contribution >= 0.6 is 24.8 Å². The number of nitrogens with zero attached hydrogens (tertiary/aromatic N) is 1. The Morgan fingerprint density at radius 1 is 1.33 bits per heavy atom. The molecule has 3 nitrogen and oxygen atoms in total.